The minimum Gasteiger partial charge on any atom is -0.329 e. The first-order valence-corrected chi connectivity index (χ1v) is 12.8. The highest BCUT2D eigenvalue weighted by atomic mass is 19.4. The summed E-state index contributed by atoms with van der Waals surface area (Å²) in [5.74, 6) is 1.32. The third-order valence-electron chi connectivity index (χ3n) is 6.77. The predicted molar refractivity (Wildman–Crippen MR) is 144 cm³/mol. The summed E-state index contributed by atoms with van der Waals surface area (Å²) in [6.07, 6.45) is -0.0673. The molecule has 1 aliphatic rings. The molecule has 198 valence electrons. The number of halogens is 3. The van der Waals surface area contributed by atoms with Gasteiger partial charge in [-0.2, -0.15) is 13.2 Å². The molecule has 4 aromatic rings. The largest absolute Gasteiger partial charge is 0.405 e. The summed E-state index contributed by atoms with van der Waals surface area (Å²) in [6.45, 7) is 2.95. The van der Waals surface area contributed by atoms with Crippen molar-refractivity contribution >= 4 is 22.8 Å². The molecule has 0 aliphatic heterocycles. The van der Waals surface area contributed by atoms with E-state index in [1.54, 1.807) is 29.8 Å². The summed E-state index contributed by atoms with van der Waals surface area (Å²) in [7, 11) is 0. The molecule has 0 saturated heterocycles. The standard InChI is InChI=1S/C29H30F3N5O/c1-19(15-33-16-20-5-6-20)21-7-9-22(10-8-21)23-11-12-27-26(13-23)35-18-37(27)25-4-2-3-24(14-25)36-28(38)34-17-29(30,31)32/h2-4,7-14,18-20,33H,5-6,15-17H2,1H3,(H2,34,36,38). The Hall–Kier alpha value is -3.85. The summed E-state index contributed by atoms with van der Waals surface area (Å²) < 4.78 is 38.9. The lowest BCUT2D eigenvalue weighted by Gasteiger charge is -2.14. The van der Waals surface area contributed by atoms with Crippen LogP contribution in [0.2, 0.25) is 0 Å². The van der Waals surface area contributed by atoms with E-state index in [2.05, 4.69) is 46.8 Å². The molecule has 2 amide bonds. The number of imidazole rings is 1. The van der Waals surface area contributed by atoms with E-state index in [1.807, 2.05) is 28.8 Å². The van der Waals surface area contributed by atoms with E-state index in [9.17, 15) is 18.0 Å². The number of hydrogen-bond donors (Lipinski definition) is 3. The molecule has 1 heterocycles. The number of urea groups is 1. The van der Waals surface area contributed by atoms with Gasteiger partial charge >= 0.3 is 12.2 Å². The van der Waals surface area contributed by atoms with Gasteiger partial charge in [-0.05, 0) is 78.2 Å². The summed E-state index contributed by atoms with van der Waals surface area (Å²) >= 11 is 0. The normalized spacial score (nSPS) is 14.4. The van der Waals surface area contributed by atoms with Gasteiger partial charge in [0, 0.05) is 17.9 Å². The monoisotopic (exact) mass is 521 g/mol. The fourth-order valence-corrected chi connectivity index (χ4v) is 4.44. The van der Waals surface area contributed by atoms with Gasteiger partial charge in [0.1, 0.15) is 12.9 Å². The molecule has 1 aliphatic carbocycles. The number of carbonyl (C=O) groups excluding carboxylic acids is 1. The molecule has 0 bridgehead atoms. The second kappa shape index (κ2) is 10.9. The fraction of sp³-hybridized carbons (Fsp3) is 0.310. The van der Waals surface area contributed by atoms with Crippen molar-refractivity contribution in [3.05, 3.63) is 78.6 Å². The average molecular weight is 522 g/mol. The van der Waals surface area contributed by atoms with Crippen LogP contribution in [0.5, 0.6) is 0 Å². The van der Waals surface area contributed by atoms with Gasteiger partial charge in [0.2, 0.25) is 0 Å². The van der Waals surface area contributed by atoms with Crippen LogP contribution < -0.4 is 16.0 Å². The summed E-state index contributed by atoms with van der Waals surface area (Å²) in [4.78, 5) is 16.4. The molecule has 1 saturated carbocycles. The van der Waals surface area contributed by atoms with Gasteiger partial charge in [-0.3, -0.25) is 4.57 Å². The number of nitrogens with zero attached hydrogens (tertiary/aromatic N) is 2. The topological polar surface area (TPSA) is 71.0 Å². The van der Waals surface area contributed by atoms with E-state index in [1.165, 1.54) is 18.4 Å². The number of rotatable bonds is 9. The molecule has 1 fully saturated rings. The Morgan fingerprint density at radius 2 is 1.82 bits per heavy atom. The van der Waals surface area contributed by atoms with Crippen LogP contribution in [0.3, 0.4) is 0 Å². The molecular weight excluding hydrogens is 491 g/mol. The predicted octanol–water partition coefficient (Wildman–Crippen LogP) is 6.48. The van der Waals surface area contributed by atoms with Crippen molar-refractivity contribution in [2.24, 2.45) is 5.92 Å². The highest BCUT2D eigenvalue weighted by Gasteiger charge is 2.27. The van der Waals surface area contributed by atoms with Crippen molar-refractivity contribution < 1.29 is 18.0 Å². The van der Waals surface area contributed by atoms with Crippen LogP contribution in [0, 0.1) is 5.92 Å². The SMILES string of the molecule is CC(CNCC1CC1)c1ccc(-c2ccc3c(c2)ncn3-c2cccc(NC(=O)NCC(F)(F)F)c2)cc1. The van der Waals surface area contributed by atoms with Crippen LogP contribution in [0.1, 0.15) is 31.2 Å². The number of anilines is 1. The minimum absolute atomic E-state index is 0.373. The first-order valence-electron chi connectivity index (χ1n) is 12.8. The van der Waals surface area contributed by atoms with Crippen molar-refractivity contribution in [1.29, 1.82) is 0 Å². The zero-order valence-electron chi connectivity index (χ0n) is 21.1. The highest BCUT2D eigenvalue weighted by Crippen LogP contribution is 2.29. The van der Waals surface area contributed by atoms with E-state index in [-0.39, 0.29) is 0 Å². The fourth-order valence-electron chi connectivity index (χ4n) is 4.44. The Morgan fingerprint density at radius 1 is 1.05 bits per heavy atom. The Balaban J connectivity index is 1.27. The quantitative estimate of drug-likeness (QED) is 0.236. The van der Waals surface area contributed by atoms with Crippen molar-refractivity contribution in [3.63, 3.8) is 0 Å². The van der Waals surface area contributed by atoms with Crippen LogP contribution in [-0.2, 0) is 0 Å². The first-order chi connectivity index (χ1) is 18.2. The summed E-state index contributed by atoms with van der Waals surface area (Å²) in [5.41, 5.74) is 6.26. The van der Waals surface area contributed by atoms with Gasteiger partial charge in [-0.1, -0.05) is 43.3 Å². The Bertz CT molecular complexity index is 1410. The van der Waals surface area contributed by atoms with Crippen molar-refractivity contribution in [2.45, 2.75) is 31.9 Å². The molecule has 3 N–H and O–H groups in total. The Labute approximate surface area is 219 Å². The zero-order chi connectivity index (χ0) is 26.7. The molecule has 0 spiro atoms. The van der Waals surface area contributed by atoms with Crippen LogP contribution >= 0.6 is 0 Å². The van der Waals surface area contributed by atoms with Crippen LogP contribution in [0.25, 0.3) is 27.8 Å². The van der Waals surface area contributed by atoms with Gasteiger partial charge in [0.05, 0.1) is 11.0 Å². The van der Waals surface area contributed by atoms with Gasteiger partial charge in [0.15, 0.2) is 0 Å². The summed E-state index contributed by atoms with van der Waals surface area (Å²) in [5, 5.41) is 7.82. The second-order valence-electron chi connectivity index (χ2n) is 9.92. The maximum absolute atomic E-state index is 12.3. The molecule has 1 aromatic heterocycles. The van der Waals surface area contributed by atoms with Crippen molar-refractivity contribution in [3.8, 4) is 16.8 Å². The van der Waals surface area contributed by atoms with E-state index in [0.717, 1.165) is 46.9 Å². The van der Waals surface area contributed by atoms with Gasteiger partial charge in [0.25, 0.3) is 0 Å². The molecule has 1 atom stereocenters. The van der Waals surface area contributed by atoms with Crippen LogP contribution in [0.15, 0.2) is 73.1 Å². The Morgan fingerprint density at radius 3 is 2.55 bits per heavy atom. The smallest absolute Gasteiger partial charge is 0.329 e. The van der Waals surface area contributed by atoms with E-state index >= 15 is 0 Å². The molecule has 6 nitrogen and oxygen atoms in total. The third kappa shape index (κ3) is 6.52. The van der Waals surface area contributed by atoms with Crippen molar-refractivity contribution in [2.75, 3.05) is 25.0 Å². The Kier molecular flexibility index (Phi) is 7.37. The number of nitrogens with one attached hydrogen (secondary N) is 3. The zero-order valence-corrected chi connectivity index (χ0v) is 21.1. The number of benzene rings is 3. The maximum Gasteiger partial charge on any atom is 0.405 e. The first kappa shape index (κ1) is 25.8. The second-order valence-corrected chi connectivity index (χ2v) is 9.92. The number of amides is 2. The third-order valence-corrected chi connectivity index (χ3v) is 6.77. The number of alkyl halides is 3. The molecule has 1 unspecified atom stereocenters. The van der Waals surface area contributed by atoms with E-state index in [4.69, 9.17) is 0 Å². The number of carbonyl (C=O) groups is 1. The van der Waals surface area contributed by atoms with E-state index in [0.29, 0.717) is 11.6 Å². The molecule has 9 heteroatoms. The van der Waals surface area contributed by atoms with Gasteiger partial charge in [-0.25, -0.2) is 9.78 Å². The van der Waals surface area contributed by atoms with Crippen LogP contribution in [-0.4, -0.2) is 41.4 Å². The molecule has 38 heavy (non-hydrogen) atoms. The van der Waals surface area contributed by atoms with Gasteiger partial charge in [-0.15, -0.1) is 0 Å². The number of fused-ring (bicyclic) bond motifs is 1. The molecule has 5 rings (SSSR count). The van der Waals surface area contributed by atoms with Crippen molar-refractivity contribution in [1.82, 2.24) is 20.2 Å². The van der Waals surface area contributed by atoms with Crippen LogP contribution in [0.4, 0.5) is 23.7 Å². The summed E-state index contributed by atoms with van der Waals surface area (Å²) in [6, 6.07) is 20.7. The molecular formula is C29H30F3N5O. The molecule has 0 radical (unpaired) electrons. The lowest BCUT2D eigenvalue weighted by atomic mass is 9.97. The lowest BCUT2D eigenvalue weighted by Crippen LogP contribution is -2.36. The average Bonchev–Trinajstić information content (AvgIpc) is 3.63. The van der Waals surface area contributed by atoms with Gasteiger partial charge < -0.3 is 16.0 Å². The van der Waals surface area contributed by atoms with E-state index < -0.39 is 18.8 Å². The maximum atomic E-state index is 12.3. The number of hydrogen-bond acceptors (Lipinski definition) is 3. The number of aromatic nitrogens is 2. The molecule has 3 aromatic carbocycles. The highest BCUT2D eigenvalue weighted by molar-refractivity contribution is 5.90. The minimum atomic E-state index is -4.47. The lowest BCUT2D eigenvalue weighted by molar-refractivity contribution is -0.122.